The van der Waals surface area contributed by atoms with E-state index in [1.165, 1.54) is 25.7 Å². The Labute approximate surface area is 99.4 Å². The lowest BCUT2D eigenvalue weighted by molar-refractivity contribution is -0.121. The molecule has 1 fully saturated rings. The van der Waals surface area contributed by atoms with Gasteiger partial charge in [0, 0.05) is 13.0 Å². The van der Waals surface area contributed by atoms with Crippen LogP contribution in [0.2, 0.25) is 0 Å². The number of hydrogen-bond donors (Lipinski definition) is 2. The van der Waals surface area contributed by atoms with Gasteiger partial charge >= 0.3 is 0 Å². The third kappa shape index (κ3) is 6.11. The number of nitrogens with one attached hydrogen (secondary N) is 2. The van der Waals surface area contributed by atoms with Crippen LogP contribution in [-0.2, 0) is 4.79 Å². The lowest BCUT2D eigenvalue weighted by Gasteiger charge is -2.22. The van der Waals surface area contributed by atoms with E-state index in [4.69, 9.17) is 0 Å². The van der Waals surface area contributed by atoms with Gasteiger partial charge in [-0.25, -0.2) is 0 Å². The smallest absolute Gasteiger partial charge is 0.219 e. The highest BCUT2D eigenvalue weighted by Crippen LogP contribution is 2.14. The molecular weight excluding hydrogens is 200 g/mol. The van der Waals surface area contributed by atoms with Crippen LogP contribution in [0.3, 0.4) is 0 Å². The Morgan fingerprint density at radius 2 is 2.06 bits per heavy atom. The van der Waals surface area contributed by atoms with Gasteiger partial charge in [0.1, 0.15) is 0 Å². The molecule has 1 saturated heterocycles. The first-order chi connectivity index (χ1) is 7.83. The summed E-state index contributed by atoms with van der Waals surface area (Å²) >= 11 is 0. The third-order valence-corrected chi connectivity index (χ3v) is 3.34. The molecule has 16 heavy (non-hydrogen) atoms. The van der Waals surface area contributed by atoms with Crippen LogP contribution in [0.15, 0.2) is 0 Å². The van der Waals surface area contributed by atoms with Gasteiger partial charge in [-0.2, -0.15) is 0 Å². The van der Waals surface area contributed by atoms with Crippen molar-refractivity contribution in [1.29, 1.82) is 0 Å². The second-order valence-corrected chi connectivity index (χ2v) is 4.79. The zero-order chi connectivity index (χ0) is 11.6. The van der Waals surface area contributed by atoms with Crippen molar-refractivity contribution in [2.45, 2.75) is 51.9 Å². The monoisotopic (exact) mass is 226 g/mol. The summed E-state index contributed by atoms with van der Waals surface area (Å²) in [5, 5.41) is 6.39. The van der Waals surface area contributed by atoms with Crippen LogP contribution in [0.4, 0.5) is 0 Å². The second-order valence-electron chi connectivity index (χ2n) is 4.79. The Hall–Kier alpha value is -0.570. The molecule has 1 rings (SSSR count). The summed E-state index contributed by atoms with van der Waals surface area (Å²) in [6.45, 7) is 5.33. The van der Waals surface area contributed by atoms with Crippen LogP contribution in [-0.4, -0.2) is 25.5 Å². The van der Waals surface area contributed by atoms with E-state index in [2.05, 4.69) is 17.6 Å². The van der Waals surface area contributed by atoms with Gasteiger partial charge in [-0.15, -0.1) is 0 Å². The molecule has 0 radical (unpaired) electrons. The van der Waals surface area contributed by atoms with E-state index in [-0.39, 0.29) is 5.91 Å². The van der Waals surface area contributed by atoms with Gasteiger partial charge in [-0.1, -0.05) is 19.8 Å². The van der Waals surface area contributed by atoms with E-state index in [9.17, 15) is 4.79 Å². The minimum absolute atomic E-state index is 0.238. The van der Waals surface area contributed by atoms with E-state index in [1.54, 1.807) is 0 Å². The van der Waals surface area contributed by atoms with Gasteiger partial charge < -0.3 is 10.6 Å². The highest BCUT2D eigenvalue weighted by Gasteiger charge is 2.12. The molecule has 0 aromatic carbocycles. The number of carbonyl (C=O) groups excluding carboxylic acids is 1. The van der Waals surface area contributed by atoms with Crippen molar-refractivity contribution < 1.29 is 4.79 Å². The Kier molecular flexibility index (Phi) is 7.23. The van der Waals surface area contributed by atoms with E-state index in [0.29, 0.717) is 6.42 Å². The Bertz CT molecular complexity index is 188. The summed E-state index contributed by atoms with van der Waals surface area (Å²) in [6.07, 6.45) is 7.79. The number of unbranched alkanes of at least 4 members (excludes halogenated alkanes) is 2. The summed E-state index contributed by atoms with van der Waals surface area (Å²) in [5.74, 6) is 1.06. The molecule has 0 spiro atoms. The van der Waals surface area contributed by atoms with Crippen molar-refractivity contribution in [2.24, 2.45) is 5.92 Å². The fraction of sp³-hybridized carbons (Fsp3) is 0.923. The van der Waals surface area contributed by atoms with Crippen LogP contribution in [0.5, 0.6) is 0 Å². The van der Waals surface area contributed by atoms with Crippen molar-refractivity contribution >= 4 is 5.91 Å². The molecule has 1 heterocycles. The zero-order valence-electron chi connectivity index (χ0n) is 10.6. The molecule has 0 aromatic rings. The van der Waals surface area contributed by atoms with E-state index in [0.717, 1.165) is 38.4 Å². The average molecular weight is 226 g/mol. The summed E-state index contributed by atoms with van der Waals surface area (Å²) in [6, 6.07) is 0. The maximum absolute atomic E-state index is 11.4. The first-order valence-electron chi connectivity index (χ1n) is 6.80. The molecule has 2 N–H and O–H groups in total. The van der Waals surface area contributed by atoms with Gasteiger partial charge in [-0.3, -0.25) is 4.79 Å². The van der Waals surface area contributed by atoms with Crippen molar-refractivity contribution in [3.05, 3.63) is 0 Å². The summed E-state index contributed by atoms with van der Waals surface area (Å²) in [5.41, 5.74) is 0. The molecule has 1 aliphatic rings. The molecule has 1 amide bonds. The molecule has 3 nitrogen and oxygen atoms in total. The third-order valence-electron chi connectivity index (χ3n) is 3.34. The first-order valence-corrected chi connectivity index (χ1v) is 6.80. The number of rotatable bonds is 7. The van der Waals surface area contributed by atoms with Crippen molar-refractivity contribution in [3.8, 4) is 0 Å². The van der Waals surface area contributed by atoms with Crippen LogP contribution in [0.1, 0.15) is 51.9 Å². The zero-order valence-corrected chi connectivity index (χ0v) is 10.6. The molecule has 1 aliphatic heterocycles. The van der Waals surface area contributed by atoms with Gasteiger partial charge in [0.2, 0.25) is 5.91 Å². The van der Waals surface area contributed by atoms with Crippen molar-refractivity contribution in [2.75, 3.05) is 19.6 Å². The highest BCUT2D eigenvalue weighted by atomic mass is 16.1. The number of piperidine rings is 1. The topological polar surface area (TPSA) is 41.1 Å². The minimum atomic E-state index is 0.238. The van der Waals surface area contributed by atoms with Gasteiger partial charge in [0.05, 0.1) is 0 Å². The fourth-order valence-electron chi connectivity index (χ4n) is 2.21. The standard InChI is InChI=1S/C13H26N2O/c1-2-3-4-5-13(16)15-11-8-12-6-9-14-10-7-12/h12,14H,2-11H2,1H3,(H,15,16). The summed E-state index contributed by atoms with van der Waals surface area (Å²) in [4.78, 5) is 11.4. The average Bonchev–Trinajstić information content (AvgIpc) is 2.31. The second kappa shape index (κ2) is 8.57. The molecule has 0 atom stereocenters. The van der Waals surface area contributed by atoms with Gasteiger partial charge in [-0.05, 0) is 44.7 Å². The fourth-order valence-corrected chi connectivity index (χ4v) is 2.21. The Morgan fingerprint density at radius 1 is 1.31 bits per heavy atom. The quantitative estimate of drug-likeness (QED) is 0.653. The SMILES string of the molecule is CCCCCC(=O)NCCC1CCNCC1. The first kappa shape index (κ1) is 13.5. The predicted molar refractivity (Wildman–Crippen MR) is 67.4 cm³/mol. The molecule has 94 valence electrons. The van der Waals surface area contributed by atoms with E-state index >= 15 is 0 Å². The number of amides is 1. The van der Waals surface area contributed by atoms with Crippen LogP contribution >= 0.6 is 0 Å². The molecule has 0 aliphatic carbocycles. The van der Waals surface area contributed by atoms with Crippen molar-refractivity contribution in [1.82, 2.24) is 10.6 Å². The minimum Gasteiger partial charge on any atom is -0.356 e. The normalized spacial score (nSPS) is 17.3. The molecule has 3 heteroatoms. The molecule has 0 saturated carbocycles. The number of carbonyl (C=O) groups is 1. The van der Waals surface area contributed by atoms with Crippen LogP contribution < -0.4 is 10.6 Å². The number of hydrogen-bond acceptors (Lipinski definition) is 2. The van der Waals surface area contributed by atoms with Crippen LogP contribution in [0, 0.1) is 5.92 Å². The Morgan fingerprint density at radius 3 is 2.75 bits per heavy atom. The lowest BCUT2D eigenvalue weighted by atomic mass is 9.95. The largest absolute Gasteiger partial charge is 0.356 e. The van der Waals surface area contributed by atoms with Crippen molar-refractivity contribution in [3.63, 3.8) is 0 Å². The summed E-state index contributed by atoms with van der Waals surface area (Å²) < 4.78 is 0. The molecule has 0 bridgehead atoms. The molecule has 0 aromatic heterocycles. The van der Waals surface area contributed by atoms with E-state index < -0.39 is 0 Å². The maximum atomic E-state index is 11.4. The maximum Gasteiger partial charge on any atom is 0.219 e. The van der Waals surface area contributed by atoms with Gasteiger partial charge in [0.25, 0.3) is 0 Å². The van der Waals surface area contributed by atoms with Crippen LogP contribution in [0.25, 0.3) is 0 Å². The van der Waals surface area contributed by atoms with E-state index in [1.807, 2.05) is 0 Å². The molecular formula is C13H26N2O. The highest BCUT2D eigenvalue weighted by molar-refractivity contribution is 5.75. The molecule has 0 unspecified atom stereocenters. The summed E-state index contributed by atoms with van der Waals surface area (Å²) in [7, 11) is 0. The van der Waals surface area contributed by atoms with Gasteiger partial charge in [0.15, 0.2) is 0 Å². The predicted octanol–water partition coefficient (Wildman–Crippen LogP) is 2.07. The Balaban J connectivity index is 1.94. The lowest BCUT2D eigenvalue weighted by Crippen LogP contribution is -2.31.